The highest BCUT2D eigenvalue weighted by Gasteiger charge is 2.29. The van der Waals surface area contributed by atoms with Crippen LogP contribution in [0, 0.1) is 11.7 Å². The van der Waals surface area contributed by atoms with Crippen LogP contribution in [0.2, 0.25) is 0 Å². The third-order valence-electron chi connectivity index (χ3n) is 4.45. The van der Waals surface area contributed by atoms with Crippen LogP contribution in [0.25, 0.3) is 0 Å². The van der Waals surface area contributed by atoms with E-state index in [1.165, 1.54) is 19.2 Å². The van der Waals surface area contributed by atoms with Gasteiger partial charge >= 0.3 is 0 Å². The quantitative estimate of drug-likeness (QED) is 0.902. The summed E-state index contributed by atoms with van der Waals surface area (Å²) in [6.07, 6.45) is 5.46. The third kappa shape index (κ3) is 3.82. The van der Waals surface area contributed by atoms with Gasteiger partial charge in [0.05, 0.1) is 25.0 Å². The molecule has 3 rings (SSSR count). The van der Waals surface area contributed by atoms with E-state index >= 15 is 0 Å². The first-order valence-corrected chi connectivity index (χ1v) is 8.31. The van der Waals surface area contributed by atoms with Crippen molar-refractivity contribution >= 4 is 5.91 Å². The zero-order valence-corrected chi connectivity index (χ0v) is 14.4. The average Bonchev–Trinajstić information content (AvgIpc) is 3.06. The lowest BCUT2D eigenvalue weighted by atomic mass is 9.90. The normalized spacial score (nSPS) is 20.3. The highest BCUT2D eigenvalue weighted by atomic mass is 19.1. The van der Waals surface area contributed by atoms with E-state index in [9.17, 15) is 9.18 Å². The third-order valence-corrected chi connectivity index (χ3v) is 4.45. The Hall–Kier alpha value is -2.41. The second-order valence-corrected chi connectivity index (χ2v) is 6.17. The van der Waals surface area contributed by atoms with Gasteiger partial charge in [-0.1, -0.05) is 6.07 Å². The van der Waals surface area contributed by atoms with Gasteiger partial charge in [-0.25, -0.2) is 4.39 Å². The van der Waals surface area contributed by atoms with Crippen LogP contribution in [0.1, 0.15) is 34.9 Å². The lowest BCUT2D eigenvalue weighted by Crippen LogP contribution is -2.35. The van der Waals surface area contributed by atoms with Crippen molar-refractivity contribution in [3.63, 3.8) is 0 Å². The van der Waals surface area contributed by atoms with E-state index in [2.05, 4.69) is 10.4 Å². The minimum absolute atomic E-state index is 0.0194. The van der Waals surface area contributed by atoms with E-state index in [4.69, 9.17) is 9.47 Å². The summed E-state index contributed by atoms with van der Waals surface area (Å²) >= 11 is 0. The van der Waals surface area contributed by atoms with Gasteiger partial charge in [0.25, 0.3) is 5.91 Å². The molecule has 134 valence electrons. The van der Waals surface area contributed by atoms with Crippen LogP contribution in [0.3, 0.4) is 0 Å². The van der Waals surface area contributed by atoms with E-state index in [0.717, 1.165) is 18.4 Å². The van der Waals surface area contributed by atoms with Crippen LogP contribution in [0.4, 0.5) is 4.39 Å². The van der Waals surface area contributed by atoms with Gasteiger partial charge in [-0.2, -0.15) is 5.10 Å². The molecule has 2 heterocycles. The predicted molar refractivity (Wildman–Crippen MR) is 89.9 cm³/mol. The molecule has 7 heteroatoms. The second kappa shape index (κ2) is 7.65. The highest BCUT2D eigenvalue weighted by molar-refractivity contribution is 5.94. The van der Waals surface area contributed by atoms with Gasteiger partial charge in [0.15, 0.2) is 11.6 Å². The van der Waals surface area contributed by atoms with Crippen molar-refractivity contribution in [2.45, 2.75) is 18.9 Å². The number of nitrogens with one attached hydrogen (secondary N) is 1. The molecule has 1 fully saturated rings. The van der Waals surface area contributed by atoms with Crippen molar-refractivity contribution in [3.8, 4) is 5.75 Å². The Morgan fingerprint density at radius 3 is 3.08 bits per heavy atom. The first-order valence-electron chi connectivity index (χ1n) is 8.31. The topological polar surface area (TPSA) is 65.4 Å². The maximum atomic E-state index is 14.2. The monoisotopic (exact) mass is 347 g/mol. The van der Waals surface area contributed by atoms with Gasteiger partial charge in [0.1, 0.15) is 0 Å². The number of carbonyl (C=O) groups is 1. The maximum absolute atomic E-state index is 14.2. The Morgan fingerprint density at radius 1 is 1.52 bits per heavy atom. The van der Waals surface area contributed by atoms with Crippen molar-refractivity contribution in [2.24, 2.45) is 13.0 Å². The average molecular weight is 347 g/mol. The molecule has 0 saturated carbocycles. The fraction of sp³-hybridized carbons (Fsp3) is 0.444. The molecule has 1 aromatic carbocycles. The number of amides is 1. The van der Waals surface area contributed by atoms with Crippen molar-refractivity contribution in [1.29, 1.82) is 0 Å². The number of carbonyl (C=O) groups excluding carboxylic acids is 1. The lowest BCUT2D eigenvalue weighted by Gasteiger charge is -2.31. The van der Waals surface area contributed by atoms with E-state index in [1.54, 1.807) is 16.9 Å². The Labute approximate surface area is 145 Å². The Bertz CT molecular complexity index is 747. The first-order chi connectivity index (χ1) is 12.1. The number of aryl methyl sites for hydroxylation is 1. The van der Waals surface area contributed by atoms with Gasteiger partial charge in [-0.15, -0.1) is 0 Å². The summed E-state index contributed by atoms with van der Waals surface area (Å²) < 4.78 is 26.8. The summed E-state index contributed by atoms with van der Waals surface area (Å²) in [7, 11) is 3.23. The molecule has 1 aromatic heterocycles. The van der Waals surface area contributed by atoms with Gasteiger partial charge in [0.2, 0.25) is 0 Å². The summed E-state index contributed by atoms with van der Waals surface area (Å²) in [6.45, 7) is 1.10. The summed E-state index contributed by atoms with van der Waals surface area (Å²) in [5, 5.41) is 7.01. The van der Waals surface area contributed by atoms with E-state index in [-0.39, 0.29) is 23.3 Å². The van der Waals surface area contributed by atoms with Gasteiger partial charge in [-0.05, 0) is 25.0 Å². The van der Waals surface area contributed by atoms with Crippen LogP contribution in [-0.4, -0.2) is 35.9 Å². The van der Waals surface area contributed by atoms with Gasteiger partial charge in [-0.3, -0.25) is 9.48 Å². The molecule has 2 atom stereocenters. The van der Waals surface area contributed by atoms with E-state index < -0.39 is 11.7 Å². The molecule has 0 spiro atoms. The minimum Gasteiger partial charge on any atom is -0.494 e. The number of methoxy groups -OCH3 is 1. The molecular formula is C18H22FN3O3. The number of halogens is 1. The highest BCUT2D eigenvalue weighted by Crippen LogP contribution is 2.33. The molecule has 2 aromatic rings. The number of rotatable bonds is 5. The lowest BCUT2D eigenvalue weighted by molar-refractivity contribution is -0.0273. The van der Waals surface area contributed by atoms with Crippen molar-refractivity contribution in [3.05, 3.63) is 47.5 Å². The number of benzene rings is 1. The molecule has 25 heavy (non-hydrogen) atoms. The molecule has 1 aliphatic rings. The van der Waals surface area contributed by atoms with Crippen molar-refractivity contribution in [2.75, 3.05) is 20.3 Å². The maximum Gasteiger partial charge on any atom is 0.254 e. The number of nitrogens with zero attached hydrogens (tertiary/aromatic N) is 2. The molecule has 6 nitrogen and oxygen atoms in total. The molecule has 1 N–H and O–H groups in total. The van der Waals surface area contributed by atoms with E-state index in [0.29, 0.717) is 13.2 Å². The summed E-state index contributed by atoms with van der Waals surface area (Å²) in [4.78, 5) is 12.4. The van der Waals surface area contributed by atoms with Crippen LogP contribution in [0.15, 0.2) is 30.6 Å². The number of aromatic nitrogens is 2. The van der Waals surface area contributed by atoms with Crippen LogP contribution >= 0.6 is 0 Å². The van der Waals surface area contributed by atoms with Crippen LogP contribution in [0.5, 0.6) is 5.75 Å². The minimum atomic E-state index is -0.647. The predicted octanol–water partition coefficient (Wildman–Crippen LogP) is 2.47. The summed E-state index contributed by atoms with van der Waals surface area (Å²) in [5.41, 5.74) is 0.975. The zero-order valence-electron chi connectivity index (χ0n) is 14.4. The largest absolute Gasteiger partial charge is 0.494 e. The van der Waals surface area contributed by atoms with Crippen LogP contribution < -0.4 is 10.1 Å². The second-order valence-electron chi connectivity index (χ2n) is 6.17. The molecular weight excluding hydrogens is 325 g/mol. The Morgan fingerprint density at radius 2 is 2.36 bits per heavy atom. The number of hydrogen-bond acceptors (Lipinski definition) is 4. The number of ether oxygens (including phenoxy) is 2. The fourth-order valence-electron chi connectivity index (χ4n) is 3.17. The van der Waals surface area contributed by atoms with Gasteiger partial charge in [0, 0.05) is 37.9 Å². The molecule has 0 bridgehead atoms. The van der Waals surface area contributed by atoms with E-state index in [1.807, 2.05) is 13.2 Å². The molecule has 1 amide bonds. The molecule has 0 radical (unpaired) electrons. The van der Waals surface area contributed by atoms with Crippen molar-refractivity contribution in [1.82, 2.24) is 15.1 Å². The number of hydrogen-bond donors (Lipinski definition) is 1. The molecule has 1 saturated heterocycles. The van der Waals surface area contributed by atoms with Crippen molar-refractivity contribution < 1.29 is 18.7 Å². The summed E-state index contributed by atoms with van der Waals surface area (Å²) in [5.74, 6) is -0.921. The van der Waals surface area contributed by atoms with Crippen LogP contribution in [-0.2, 0) is 11.8 Å². The standard InChI is InChI=1S/C18H22FN3O3/c1-22-11-13(10-21-22)17-12(5-4-8-25-17)9-20-18(23)14-6-3-7-15(24-2)16(14)19/h3,6-7,10-12,17H,4-5,8-9H2,1-2H3,(H,20,23)/t12-,17+/m0/s1. The smallest absolute Gasteiger partial charge is 0.254 e. The molecule has 0 aliphatic carbocycles. The van der Waals surface area contributed by atoms with Gasteiger partial charge < -0.3 is 14.8 Å². The zero-order chi connectivity index (χ0) is 17.8. The molecule has 1 aliphatic heterocycles. The Kier molecular flexibility index (Phi) is 5.33. The Balaban J connectivity index is 1.68. The SMILES string of the molecule is COc1cccc(C(=O)NC[C@@H]2CCCO[C@H]2c2cnn(C)c2)c1F. The fourth-order valence-corrected chi connectivity index (χ4v) is 3.17. The molecule has 0 unspecified atom stereocenters. The summed E-state index contributed by atoms with van der Waals surface area (Å²) in [6, 6.07) is 4.53. The first kappa shape index (κ1) is 17.4.